The molecule has 0 spiro atoms. The van der Waals surface area contributed by atoms with E-state index in [0.29, 0.717) is 17.1 Å². The van der Waals surface area contributed by atoms with Crippen molar-refractivity contribution in [2.24, 2.45) is 0 Å². The van der Waals surface area contributed by atoms with Crippen LogP contribution in [0.15, 0.2) is 33.8 Å². The maximum atomic E-state index is 12.9. The van der Waals surface area contributed by atoms with Crippen LogP contribution in [-0.2, 0) is 19.9 Å². The predicted molar refractivity (Wildman–Crippen MR) is 95.7 cm³/mol. The monoisotopic (exact) mass is 401 g/mol. The maximum Gasteiger partial charge on any atom is 0.252 e. The third-order valence-electron chi connectivity index (χ3n) is 4.10. The molecule has 10 heteroatoms. The van der Waals surface area contributed by atoms with Crippen LogP contribution < -0.4 is 0 Å². The van der Waals surface area contributed by atoms with Gasteiger partial charge >= 0.3 is 0 Å². The highest BCUT2D eigenvalue weighted by Gasteiger charge is 2.32. The first-order valence-electron chi connectivity index (χ1n) is 7.85. The Labute approximate surface area is 151 Å². The molecule has 0 saturated carbocycles. The Morgan fingerprint density at radius 1 is 1.16 bits per heavy atom. The highest BCUT2D eigenvalue weighted by molar-refractivity contribution is 7.91. The summed E-state index contributed by atoms with van der Waals surface area (Å²) in [5.74, 6) is 0. The van der Waals surface area contributed by atoms with Gasteiger partial charge in [-0.3, -0.25) is 0 Å². The van der Waals surface area contributed by atoms with Gasteiger partial charge in [0.2, 0.25) is 15.0 Å². The van der Waals surface area contributed by atoms with Crippen LogP contribution in [-0.4, -0.2) is 50.0 Å². The number of rotatable bonds is 4. The number of piperidine rings is 1. The van der Waals surface area contributed by atoms with Crippen LogP contribution in [0.2, 0.25) is 0 Å². The molecule has 0 aliphatic carbocycles. The lowest BCUT2D eigenvalue weighted by Crippen LogP contribution is -2.41. The van der Waals surface area contributed by atoms with Gasteiger partial charge in [-0.25, -0.2) is 26.8 Å². The number of hydrogen-bond acceptors (Lipinski definition) is 7. The summed E-state index contributed by atoms with van der Waals surface area (Å²) in [6.07, 6.45) is 5.16. The van der Waals surface area contributed by atoms with Crippen molar-refractivity contribution in [1.82, 2.24) is 14.3 Å². The van der Waals surface area contributed by atoms with Gasteiger partial charge in [-0.2, -0.15) is 4.31 Å². The fraction of sp³-hybridized carbons (Fsp3) is 0.467. The van der Waals surface area contributed by atoms with Crippen LogP contribution in [0.25, 0.3) is 10.6 Å². The van der Waals surface area contributed by atoms with E-state index in [1.807, 2.05) is 6.92 Å². The van der Waals surface area contributed by atoms with Gasteiger partial charge in [-0.1, -0.05) is 6.42 Å². The molecule has 2 aromatic rings. The largest absolute Gasteiger partial charge is 0.252 e. The van der Waals surface area contributed by atoms with Crippen molar-refractivity contribution in [3.63, 3.8) is 0 Å². The van der Waals surface area contributed by atoms with Gasteiger partial charge in [0, 0.05) is 25.0 Å². The average molecular weight is 402 g/mol. The number of aromatic nitrogens is 2. The normalized spacial score (nSPS) is 19.8. The Balaban J connectivity index is 1.95. The summed E-state index contributed by atoms with van der Waals surface area (Å²) in [4.78, 5) is 8.39. The van der Waals surface area contributed by atoms with E-state index in [-0.39, 0.29) is 15.4 Å². The quantitative estimate of drug-likeness (QED) is 0.729. The molecular formula is C15H19N3O4S3. The molecule has 7 nitrogen and oxygen atoms in total. The Hall–Kier alpha value is -1.36. The van der Waals surface area contributed by atoms with Gasteiger partial charge in [-0.15, -0.1) is 11.3 Å². The summed E-state index contributed by atoms with van der Waals surface area (Å²) in [7, 11) is -7.07. The van der Waals surface area contributed by atoms with Gasteiger partial charge < -0.3 is 0 Å². The van der Waals surface area contributed by atoms with Crippen molar-refractivity contribution in [3.8, 4) is 10.6 Å². The second-order valence-corrected chi connectivity index (χ2v) is 11.2. The Kier molecular flexibility index (Phi) is 4.97. The highest BCUT2D eigenvalue weighted by Crippen LogP contribution is 2.33. The lowest BCUT2D eigenvalue weighted by Gasteiger charge is -2.31. The van der Waals surface area contributed by atoms with Gasteiger partial charge in [-0.05, 0) is 38.0 Å². The molecule has 25 heavy (non-hydrogen) atoms. The molecule has 0 radical (unpaired) electrons. The standard InChI is InChI=1S/C15H19N3O4S3/c1-11-5-3-4-10-18(11)25(21,22)14-7-6-13(23-14)12-8-9-16-15(17-12)24(2,19)20/h6-9,11H,3-5,10H2,1-2H3. The van der Waals surface area contributed by atoms with Crippen LogP contribution in [0.4, 0.5) is 0 Å². The number of hydrogen-bond donors (Lipinski definition) is 0. The topological polar surface area (TPSA) is 97.3 Å². The van der Waals surface area contributed by atoms with Crippen LogP contribution in [0.1, 0.15) is 26.2 Å². The van der Waals surface area contributed by atoms with E-state index >= 15 is 0 Å². The average Bonchev–Trinajstić information content (AvgIpc) is 3.05. The van der Waals surface area contributed by atoms with E-state index in [1.165, 1.54) is 6.20 Å². The van der Waals surface area contributed by atoms with Crippen molar-refractivity contribution < 1.29 is 16.8 Å². The molecule has 0 aromatic carbocycles. The number of thiophene rings is 1. The summed E-state index contributed by atoms with van der Waals surface area (Å²) < 4.78 is 50.7. The molecule has 136 valence electrons. The van der Waals surface area contributed by atoms with Crippen molar-refractivity contribution >= 4 is 31.2 Å². The van der Waals surface area contributed by atoms with Crippen LogP contribution in [0.5, 0.6) is 0 Å². The molecule has 2 aromatic heterocycles. The number of sulfone groups is 1. The summed E-state index contributed by atoms with van der Waals surface area (Å²) in [5, 5.41) is -0.271. The minimum absolute atomic E-state index is 0.0137. The maximum absolute atomic E-state index is 12.9. The first-order valence-corrected chi connectivity index (χ1v) is 12.0. The molecule has 1 unspecified atom stereocenters. The zero-order valence-corrected chi connectivity index (χ0v) is 16.4. The molecule has 0 amide bonds. The second kappa shape index (κ2) is 6.75. The van der Waals surface area contributed by atoms with Crippen molar-refractivity contribution in [1.29, 1.82) is 0 Å². The summed E-state index contributed by atoms with van der Waals surface area (Å²) in [5.41, 5.74) is 0.397. The molecule has 0 bridgehead atoms. The zero-order chi connectivity index (χ0) is 18.2. The lowest BCUT2D eigenvalue weighted by atomic mass is 10.1. The predicted octanol–water partition coefficient (Wildman–Crippen LogP) is 2.17. The SMILES string of the molecule is CC1CCCCN1S(=O)(=O)c1ccc(-c2ccnc(S(C)(=O)=O)n2)s1. The van der Waals surface area contributed by atoms with E-state index in [4.69, 9.17) is 0 Å². The zero-order valence-electron chi connectivity index (χ0n) is 13.9. The molecule has 1 atom stereocenters. The van der Waals surface area contributed by atoms with Gasteiger partial charge in [0.15, 0.2) is 0 Å². The molecule has 1 fully saturated rings. The number of nitrogens with zero attached hydrogens (tertiary/aromatic N) is 3. The van der Waals surface area contributed by atoms with Crippen molar-refractivity contribution in [3.05, 3.63) is 24.4 Å². The third kappa shape index (κ3) is 3.76. The van der Waals surface area contributed by atoms with E-state index in [2.05, 4.69) is 9.97 Å². The van der Waals surface area contributed by atoms with E-state index < -0.39 is 19.9 Å². The second-order valence-electron chi connectivity index (χ2n) is 6.08. The molecule has 3 heterocycles. The molecule has 1 aliphatic rings. The molecule has 0 N–H and O–H groups in total. The minimum Gasteiger partial charge on any atom is -0.227 e. The summed E-state index contributed by atoms with van der Waals surface area (Å²) >= 11 is 1.09. The van der Waals surface area contributed by atoms with Gasteiger partial charge in [0.25, 0.3) is 10.0 Å². The highest BCUT2D eigenvalue weighted by atomic mass is 32.2. The van der Waals surface area contributed by atoms with E-state index in [0.717, 1.165) is 36.9 Å². The first kappa shape index (κ1) is 18.4. The number of sulfonamides is 1. The fourth-order valence-electron chi connectivity index (χ4n) is 2.80. The smallest absolute Gasteiger partial charge is 0.227 e. The van der Waals surface area contributed by atoms with E-state index in [1.54, 1.807) is 22.5 Å². The Morgan fingerprint density at radius 3 is 2.60 bits per heavy atom. The Morgan fingerprint density at radius 2 is 1.92 bits per heavy atom. The van der Waals surface area contributed by atoms with Crippen molar-refractivity contribution in [2.45, 2.75) is 41.6 Å². The van der Waals surface area contributed by atoms with Crippen LogP contribution >= 0.6 is 11.3 Å². The van der Waals surface area contributed by atoms with Gasteiger partial charge in [0.05, 0.1) is 10.6 Å². The van der Waals surface area contributed by atoms with Crippen molar-refractivity contribution in [2.75, 3.05) is 12.8 Å². The Bertz CT molecular complexity index is 983. The first-order chi connectivity index (χ1) is 11.7. The molecule has 1 saturated heterocycles. The van der Waals surface area contributed by atoms with Gasteiger partial charge in [0.1, 0.15) is 4.21 Å². The van der Waals surface area contributed by atoms with E-state index in [9.17, 15) is 16.8 Å². The minimum atomic E-state index is -3.55. The lowest BCUT2D eigenvalue weighted by molar-refractivity contribution is 0.269. The molecular weight excluding hydrogens is 382 g/mol. The third-order valence-corrected chi connectivity index (χ3v) is 8.55. The molecule has 1 aliphatic heterocycles. The van der Waals surface area contributed by atoms with Crippen LogP contribution in [0.3, 0.4) is 0 Å². The summed E-state index contributed by atoms with van der Waals surface area (Å²) in [6, 6.07) is 4.76. The summed E-state index contributed by atoms with van der Waals surface area (Å²) in [6.45, 7) is 2.45. The fourth-order valence-corrected chi connectivity index (χ4v) is 6.42. The van der Waals surface area contributed by atoms with Crippen LogP contribution in [0, 0.1) is 0 Å². The molecule has 3 rings (SSSR count).